The molecule has 102 valence electrons. The van der Waals surface area contributed by atoms with E-state index in [1.54, 1.807) is 12.1 Å². The SMILES string of the molecule is NC(=O)c1ccccc1Oc1cc(C(=O)O)c(N)cn1. The fraction of sp³-hybridized carbons (Fsp3) is 0. The standard InChI is InChI=1S/C13H11N3O4/c14-9-6-16-11(5-8(9)13(18)19)20-10-4-2-1-3-7(10)12(15)17/h1-6H,14H2,(H2,15,17)(H,18,19). The van der Waals surface area contributed by atoms with Crippen LogP contribution in [0.25, 0.3) is 0 Å². The van der Waals surface area contributed by atoms with Crippen molar-refractivity contribution in [3.63, 3.8) is 0 Å². The highest BCUT2D eigenvalue weighted by Gasteiger charge is 2.13. The van der Waals surface area contributed by atoms with Crippen molar-refractivity contribution in [1.82, 2.24) is 4.98 Å². The molecule has 0 aliphatic carbocycles. The number of ether oxygens (including phenoxy) is 1. The molecule has 0 aliphatic heterocycles. The van der Waals surface area contributed by atoms with E-state index in [4.69, 9.17) is 21.3 Å². The Labute approximate surface area is 113 Å². The number of carbonyl (C=O) groups excluding carboxylic acids is 1. The Kier molecular flexibility index (Phi) is 3.52. The fourth-order valence-electron chi connectivity index (χ4n) is 1.56. The van der Waals surface area contributed by atoms with E-state index in [2.05, 4.69) is 4.98 Å². The third-order valence-electron chi connectivity index (χ3n) is 2.51. The van der Waals surface area contributed by atoms with Crippen LogP contribution < -0.4 is 16.2 Å². The van der Waals surface area contributed by atoms with Gasteiger partial charge < -0.3 is 21.3 Å². The predicted octanol–water partition coefficient (Wildman–Crippen LogP) is 1.25. The Morgan fingerprint density at radius 3 is 2.55 bits per heavy atom. The molecule has 2 aromatic rings. The van der Waals surface area contributed by atoms with Gasteiger partial charge in [-0.25, -0.2) is 9.78 Å². The molecular weight excluding hydrogens is 262 g/mol. The zero-order chi connectivity index (χ0) is 14.7. The Balaban J connectivity index is 2.38. The van der Waals surface area contributed by atoms with Crippen LogP contribution in [-0.2, 0) is 0 Å². The topological polar surface area (TPSA) is 129 Å². The molecule has 0 aliphatic rings. The molecule has 0 unspecified atom stereocenters. The van der Waals surface area contributed by atoms with E-state index in [0.29, 0.717) is 0 Å². The second-order valence-corrected chi connectivity index (χ2v) is 3.88. The lowest BCUT2D eigenvalue weighted by Gasteiger charge is -2.09. The monoisotopic (exact) mass is 273 g/mol. The van der Waals surface area contributed by atoms with E-state index in [1.807, 2.05) is 0 Å². The summed E-state index contributed by atoms with van der Waals surface area (Å²) in [5, 5.41) is 8.96. The van der Waals surface area contributed by atoms with Gasteiger partial charge in [0.15, 0.2) is 0 Å². The highest BCUT2D eigenvalue weighted by Crippen LogP contribution is 2.25. The minimum atomic E-state index is -1.20. The third kappa shape index (κ3) is 2.66. The third-order valence-corrected chi connectivity index (χ3v) is 2.51. The summed E-state index contributed by atoms with van der Waals surface area (Å²) >= 11 is 0. The van der Waals surface area contributed by atoms with Crippen LogP contribution >= 0.6 is 0 Å². The molecule has 0 spiro atoms. The van der Waals surface area contributed by atoms with Crippen molar-refractivity contribution in [3.05, 3.63) is 47.7 Å². The van der Waals surface area contributed by atoms with E-state index in [-0.39, 0.29) is 28.4 Å². The lowest BCUT2D eigenvalue weighted by molar-refractivity contribution is 0.0697. The number of hydrogen-bond acceptors (Lipinski definition) is 5. The van der Waals surface area contributed by atoms with Crippen molar-refractivity contribution in [3.8, 4) is 11.6 Å². The Morgan fingerprint density at radius 1 is 1.20 bits per heavy atom. The number of carbonyl (C=O) groups is 2. The maximum Gasteiger partial charge on any atom is 0.338 e. The van der Waals surface area contributed by atoms with Crippen LogP contribution in [-0.4, -0.2) is 22.0 Å². The first-order valence-corrected chi connectivity index (χ1v) is 5.54. The van der Waals surface area contributed by atoms with Gasteiger partial charge in [0.1, 0.15) is 5.75 Å². The summed E-state index contributed by atoms with van der Waals surface area (Å²) in [6.07, 6.45) is 1.17. The highest BCUT2D eigenvalue weighted by molar-refractivity contribution is 5.96. The lowest BCUT2D eigenvalue weighted by Crippen LogP contribution is -2.12. The molecular formula is C13H11N3O4. The number of hydrogen-bond donors (Lipinski definition) is 3. The molecule has 0 radical (unpaired) electrons. The maximum atomic E-state index is 11.2. The van der Waals surface area contributed by atoms with E-state index in [9.17, 15) is 9.59 Å². The molecule has 1 aromatic heterocycles. The Bertz CT molecular complexity index is 685. The minimum Gasteiger partial charge on any atom is -0.478 e. The Morgan fingerprint density at radius 2 is 1.90 bits per heavy atom. The van der Waals surface area contributed by atoms with E-state index in [0.717, 1.165) is 0 Å². The average Bonchev–Trinajstić information content (AvgIpc) is 2.41. The van der Waals surface area contributed by atoms with Gasteiger partial charge in [-0.1, -0.05) is 12.1 Å². The van der Waals surface area contributed by atoms with Gasteiger partial charge in [-0.05, 0) is 12.1 Å². The van der Waals surface area contributed by atoms with Gasteiger partial charge in [0, 0.05) is 6.07 Å². The number of carboxylic acid groups (broad SMARTS) is 1. The number of nitrogens with zero attached hydrogens (tertiary/aromatic N) is 1. The van der Waals surface area contributed by atoms with Crippen LogP contribution in [0.15, 0.2) is 36.5 Å². The van der Waals surface area contributed by atoms with Crippen molar-refractivity contribution >= 4 is 17.6 Å². The molecule has 0 saturated carbocycles. The summed E-state index contributed by atoms with van der Waals surface area (Å²) in [4.78, 5) is 26.1. The van der Waals surface area contributed by atoms with Gasteiger partial charge in [-0.3, -0.25) is 4.79 Å². The van der Waals surface area contributed by atoms with Crippen molar-refractivity contribution in [2.24, 2.45) is 5.73 Å². The molecule has 0 atom stereocenters. The van der Waals surface area contributed by atoms with Crippen molar-refractivity contribution in [2.45, 2.75) is 0 Å². The number of aromatic nitrogens is 1. The Hall–Kier alpha value is -3.09. The number of anilines is 1. The van der Waals surface area contributed by atoms with Gasteiger partial charge in [-0.2, -0.15) is 0 Å². The van der Waals surface area contributed by atoms with E-state index in [1.165, 1.54) is 24.4 Å². The molecule has 20 heavy (non-hydrogen) atoms. The van der Waals surface area contributed by atoms with Crippen LogP contribution in [0.5, 0.6) is 11.6 Å². The summed E-state index contributed by atoms with van der Waals surface area (Å²) in [7, 11) is 0. The van der Waals surface area contributed by atoms with Crippen molar-refractivity contribution in [2.75, 3.05) is 5.73 Å². The molecule has 1 aromatic carbocycles. The second kappa shape index (κ2) is 5.27. The smallest absolute Gasteiger partial charge is 0.338 e. The summed E-state index contributed by atoms with van der Waals surface area (Å²) in [5.74, 6) is -1.66. The summed E-state index contributed by atoms with van der Waals surface area (Å²) < 4.78 is 5.39. The number of carboxylic acids is 1. The number of rotatable bonds is 4. The van der Waals surface area contributed by atoms with E-state index < -0.39 is 11.9 Å². The number of pyridine rings is 1. The van der Waals surface area contributed by atoms with Crippen LogP contribution in [0, 0.1) is 0 Å². The maximum absolute atomic E-state index is 11.2. The molecule has 7 heteroatoms. The second-order valence-electron chi connectivity index (χ2n) is 3.88. The number of nitrogen functional groups attached to an aromatic ring is 1. The van der Waals surface area contributed by atoms with Gasteiger partial charge >= 0.3 is 5.97 Å². The molecule has 0 bridgehead atoms. The number of nitrogens with two attached hydrogens (primary N) is 2. The first-order valence-electron chi connectivity index (χ1n) is 5.54. The number of amides is 1. The largest absolute Gasteiger partial charge is 0.478 e. The number of aromatic carboxylic acids is 1. The van der Waals surface area contributed by atoms with E-state index >= 15 is 0 Å². The van der Waals surface area contributed by atoms with Crippen LogP contribution in [0.2, 0.25) is 0 Å². The zero-order valence-electron chi connectivity index (χ0n) is 10.2. The molecule has 0 fully saturated rings. The van der Waals surface area contributed by atoms with Crippen LogP contribution in [0.4, 0.5) is 5.69 Å². The first-order chi connectivity index (χ1) is 9.49. The van der Waals surface area contributed by atoms with Gasteiger partial charge in [0.25, 0.3) is 5.91 Å². The van der Waals surface area contributed by atoms with Gasteiger partial charge in [0.2, 0.25) is 5.88 Å². The molecule has 1 heterocycles. The first kappa shape index (κ1) is 13.3. The summed E-state index contributed by atoms with van der Waals surface area (Å²) in [6, 6.07) is 7.48. The molecule has 1 amide bonds. The molecule has 0 saturated heterocycles. The normalized spacial score (nSPS) is 10.0. The lowest BCUT2D eigenvalue weighted by atomic mass is 10.2. The van der Waals surface area contributed by atoms with Crippen LogP contribution in [0.1, 0.15) is 20.7 Å². The summed E-state index contributed by atoms with van der Waals surface area (Å²) in [5.41, 5.74) is 10.8. The highest BCUT2D eigenvalue weighted by atomic mass is 16.5. The number of primary amides is 1. The summed E-state index contributed by atoms with van der Waals surface area (Å²) in [6.45, 7) is 0. The van der Waals surface area contributed by atoms with Gasteiger partial charge in [-0.15, -0.1) is 0 Å². The zero-order valence-corrected chi connectivity index (χ0v) is 10.2. The predicted molar refractivity (Wildman–Crippen MR) is 70.6 cm³/mol. The molecule has 2 rings (SSSR count). The minimum absolute atomic E-state index is 0.00491. The average molecular weight is 273 g/mol. The quantitative estimate of drug-likeness (QED) is 0.768. The van der Waals surface area contributed by atoms with Gasteiger partial charge in [0.05, 0.1) is 23.0 Å². The fourth-order valence-corrected chi connectivity index (χ4v) is 1.56. The molecule has 7 nitrogen and oxygen atoms in total. The van der Waals surface area contributed by atoms with Crippen molar-refractivity contribution < 1.29 is 19.4 Å². The van der Waals surface area contributed by atoms with Crippen LogP contribution in [0.3, 0.4) is 0 Å². The molecule has 5 N–H and O–H groups in total. The number of para-hydroxylation sites is 1. The van der Waals surface area contributed by atoms with Crippen molar-refractivity contribution in [1.29, 1.82) is 0 Å². The number of benzene rings is 1.